The summed E-state index contributed by atoms with van der Waals surface area (Å²) in [5.74, 6) is 0. The van der Waals surface area contributed by atoms with E-state index in [1.54, 1.807) is 0 Å². The summed E-state index contributed by atoms with van der Waals surface area (Å²) in [6.45, 7) is 20.9. The fraction of sp³-hybridized carbons (Fsp3) is 0.208. The van der Waals surface area contributed by atoms with Crippen molar-refractivity contribution in [1.82, 2.24) is 0 Å². The highest BCUT2D eigenvalue weighted by molar-refractivity contribution is 7.11. The van der Waals surface area contributed by atoms with Crippen LogP contribution < -0.4 is 41.7 Å². The Balaban J connectivity index is 1.44. The zero-order chi connectivity index (χ0) is 39.9. The second-order valence-corrected chi connectivity index (χ2v) is 22.6. The van der Waals surface area contributed by atoms with Gasteiger partial charge in [-0.15, -0.1) is 0 Å². The smallest absolute Gasteiger partial charge is 0.252 e. The summed E-state index contributed by atoms with van der Waals surface area (Å²) in [5, 5.41) is 4.20. The zero-order valence-corrected chi connectivity index (χ0v) is 36.0. The maximum absolute atomic E-state index is 2.59. The number of nitrogens with zero attached hydrogens (tertiary/aromatic N) is 2. The van der Waals surface area contributed by atoms with Crippen molar-refractivity contribution in [2.75, 3.05) is 9.80 Å². The fourth-order valence-corrected chi connectivity index (χ4v) is 12.9. The summed E-state index contributed by atoms with van der Waals surface area (Å²) < 4.78 is 0. The predicted molar refractivity (Wildman–Crippen MR) is 251 cm³/mol. The van der Waals surface area contributed by atoms with Gasteiger partial charge in [-0.2, -0.15) is 0 Å². The third kappa shape index (κ3) is 6.17. The van der Waals surface area contributed by atoms with Crippen LogP contribution in [0.1, 0.15) is 63.8 Å². The molecule has 7 aromatic rings. The van der Waals surface area contributed by atoms with Gasteiger partial charge in [-0.05, 0) is 116 Å². The van der Waals surface area contributed by atoms with E-state index in [1.165, 1.54) is 88.3 Å². The van der Waals surface area contributed by atoms with E-state index in [2.05, 4.69) is 229 Å². The van der Waals surface area contributed by atoms with Crippen LogP contribution in [0.5, 0.6) is 0 Å². The molecule has 0 radical (unpaired) electrons. The van der Waals surface area contributed by atoms with Gasteiger partial charge in [0, 0.05) is 34.1 Å². The maximum Gasteiger partial charge on any atom is 0.252 e. The van der Waals surface area contributed by atoms with Crippen molar-refractivity contribution in [3.8, 4) is 0 Å². The summed E-state index contributed by atoms with van der Waals surface area (Å²) in [6.07, 6.45) is 0. The molecule has 0 N–H and O–H groups in total. The van der Waals surface area contributed by atoms with Crippen molar-refractivity contribution in [3.63, 3.8) is 0 Å². The molecule has 0 unspecified atom stereocenters. The molecule has 0 amide bonds. The molecule has 0 aliphatic carbocycles. The van der Waals surface area contributed by atoms with Crippen molar-refractivity contribution in [2.45, 2.75) is 72.8 Å². The number of anilines is 6. The van der Waals surface area contributed by atoms with E-state index in [0.717, 1.165) is 0 Å². The lowest BCUT2D eigenvalue weighted by Gasteiger charge is -2.46. The van der Waals surface area contributed by atoms with Gasteiger partial charge in [0.2, 0.25) is 0 Å². The number of benzene rings is 7. The van der Waals surface area contributed by atoms with Crippen molar-refractivity contribution in [2.24, 2.45) is 0 Å². The molecular weight excluding hydrogens is 703 g/mol. The van der Waals surface area contributed by atoms with E-state index in [9.17, 15) is 0 Å². The number of hydrogen-bond donors (Lipinski definition) is 0. The largest absolute Gasteiger partial charge is 0.311 e. The molecule has 0 atom stereocenters. The summed E-state index contributed by atoms with van der Waals surface area (Å²) >= 11 is 0. The van der Waals surface area contributed by atoms with Crippen LogP contribution in [-0.2, 0) is 10.8 Å². The van der Waals surface area contributed by atoms with Crippen LogP contribution in [0.15, 0.2) is 158 Å². The second-order valence-electron chi connectivity index (χ2n) is 18.6. The molecule has 9 rings (SSSR count). The second kappa shape index (κ2) is 13.5. The molecule has 0 aromatic heterocycles. The van der Waals surface area contributed by atoms with Crippen LogP contribution in [0, 0.1) is 13.8 Å². The zero-order valence-electron chi connectivity index (χ0n) is 35.0. The first-order chi connectivity index (χ1) is 27.2. The molecule has 0 saturated heterocycles. The van der Waals surface area contributed by atoms with Gasteiger partial charge in [0.25, 0.3) is 6.71 Å². The Hall–Kier alpha value is -5.58. The van der Waals surface area contributed by atoms with Gasteiger partial charge < -0.3 is 9.80 Å². The van der Waals surface area contributed by atoms with E-state index >= 15 is 0 Å². The summed E-state index contributed by atoms with van der Waals surface area (Å²) in [7, 11) is -2.57. The molecule has 57 heavy (non-hydrogen) atoms. The molecule has 0 spiro atoms. The van der Waals surface area contributed by atoms with Gasteiger partial charge in [0.15, 0.2) is 0 Å². The average molecular weight is 757 g/mol. The first-order valence-electron chi connectivity index (χ1n) is 20.6. The van der Waals surface area contributed by atoms with Crippen molar-refractivity contribution < 1.29 is 0 Å². The van der Waals surface area contributed by atoms with Gasteiger partial charge >= 0.3 is 0 Å². The first-order valence-corrected chi connectivity index (χ1v) is 23.1. The summed E-state index contributed by atoms with van der Waals surface area (Å²) in [4.78, 5) is 5.16. The molecule has 0 fully saturated rings. The standard InChI is InChI=1S/C53H53BN2Si/c1-36-20-26-40(27-21-36)55-47-30-22-37(2)32-45(47)54-46-33-39(53(6,7)8)25-31-48(46)56(41-28-23-38(24-29-41)52(3,4)5)50-35-44(34-49(55)51(50)54)57(9,42-16-12-10-13-17-42)43-18-14-11-15-19-43/h10-35H,1-9H3. The van der Waals surface area contributed by atoms with Crippen molar-refractivity contribution in [1.29, 1.82) is 0 Å². The Labute approximate surface area is 342 Å². The quantitative estimate of drug-likeness (QED) is 0.128. The van der Waals surface area contributed by atoms with E-state index in [1.807, 2.05) is 0 Å². The van der Waals surface area contributed by atoms with Gasteiger partial charge in [-0.3, -0.25) is 0 Å². The normalized spacial score (nSPS) is 13.6. The number of aryl methyl sites for hydroxylation is 2. The van der Waals surface area contributed by atoms with Crippen molar-refractivity contribution >= 4 is 80.9 Å². The van der Waals surface area contributed by atoms with Crippen LogP contribution in [-0.4, -0.2) is 14.8 Å². The molecule has 2 heterocycles. The highest BCUT2D eigenvalue weighted by Crippen LogP contribution is 2.45. The number of rotatable bonds is 5. The topological polar surface area (TPSA) is 6.48 Å². The van der Waals surface area contributed by atoms with Crippen LogP contribution in [0.4, 0.5) is 34.1 Å². The maximum atomic E-state index is 2.59. The van der Waals surface area contributed by atoms with E-state index in [0.29, 0.717) is 0 Å². The summed E-state index contributed by atoms with van der Waals surface area (Å²) in [5.41, 5.74) is 16.8. The third-order valence-electron chi connectivity index (χ3n) is 12.7. The number of hydrogen-bond acceptors (Lipinski definition) is 2. The van der Waals surface area contributed by atoms with Gasteiger partial charge in [0.1, 0.15) is 8.07 Å². The van der Waals surface area contributed by atoms with Crippen LogP contribution in [0.25, 0.3) is 0 Å². The van der Waals surface area contributed by atoms with E-state index < -0.39 is 8.07 Å². The van der Waals surface area contributed by atoms with Crippen molar-refractivity contribution in [3.05, 3.63) is 180 Å². The lowest BCUT2D eigenvalue weighted by atomic mass is 9.33. The molecule has 2 aliphatic heterocycles. The number of fused-ring (bicyclic) bond motifs is 4. The molecule has 2 aliphatic rings. The van der Waals surface area contributed by atoms with Gasteiger partial charge in [-0.1, -0.05) is 168 Å². The van der Waals surface area contributed by atoms with Gasteiger partial charge in [0.05, 0.1) is 0 Å². The third-order valence-corrected chi connectivity index (χ3v) is 17.1. The van der Waals surface area contributed by atoms with E-state index in [4.69, 9.17) is 0 Å². The molecule has 0 saturated carbocycles. The molecule has 4 heteroatoms. The van der Waals surface area contributed by atoms with Crippen LogP contribution in [0.2, 0.25) is 6.55 Å². The lowest BCUT2D eigenvalue weighted by Crippen LogP contribution is -2.66. The first kappa shape index (κ1) is 37.0. The van der Waals surface area contributed by atoms with Crippen LogP contribution >= 0.6 is 0 Å². The minimum Gasteiger partial charge on any atom is -0.311 e. The highest BCUT2D eigenvalue weighted by atomic mass is 28.3. The minimum absolute atomic E-state index is 0.00199. The summed E-state index contributed by atoms with van der Waals surface area (Å²) in [6, 6.07) is 60.7. The lowest BCUT2D eigenvalue weighted by molar-refractivity contribution is 0.590. The highest BCUT2D eigenvalue weighted by Gasteiger charge is 2.46. The minimum atomic E-state index is -2.57. The Morgan fingerprint density at radius 2 is 0.860 bits per heavy atom. The average Bonchev–Trinajstić information content (AvgIpc) is 3.20. The molecule has 282 valence electrons. The Kier molecular flexibility index (Phi) is 8.79. The Bertz CT molecular complexity index is 2580. The van der Waals surface area contributed by atoms with Crippen LogP contribution in [0.3, 0.4) is 0 Å². The van der Waals surface area contributed by atoms with E-state index in [-0.39, 0.29) is 17.5 Å². The Morgan fingerprint density at radius 3 is 1.37 bits per heavy atom. The Morgan fingerprint density at radius 1 is 0.421 bits per heavy atom. The fourth-order valence-electron chi connectivity index (χ4n) is 9.28. The molecule has 2 nitrogen and oxygen atoms in total. The molecule has 7 aromatic carbocycles. The monoisotopic (exact) mass is 756 g/mol. The predicted octanol–water partition coefficient (Wildman–Crippen LogP) is 10.1. The molecule has 0 bridgehead atoms. The molecular formula is C53H53BN2Si. The SMILES string of the molecule is Cc1ccc(N2c3ccc(C)cc3B3c4cc(C(C)(C)C)ccc4N(c4ccc(C(C)(C)C)cc4)c4cc([Si](C)(c5ccccc5)c5ccccc5)cc2c43)cc1. The van der Waals surface area contributed by atoms with Gasteiger partial charge in [-0.25, -0.2) is 0 Å².